The lowest BCUT2D eigenvalue weighted by Gasteiger charge is -2.21. The maximum absolute atomic E-state index is 12.1. The zero-order chi connectivity index (χ0) is 15.3. The van der Waals surface area contributed by atoms with Gasteiger partial charge in [0.25, 0.3) is 0 Å². The van der Waals surface area contributed by atoms with Gasteiger partial charge in [-0.05, 0) is 30.9 Å². The van der Waals surface area contributed by atoms with Crippen LogP contribution < -0.4 is 5.32 Å². The normalized spacial score (nSPS) is 12.2. The van der Waals surface area contributed by atoms with Crippen LogP contribution in [0.3, 0.4) is 0 Å². The molecule has 0 aliphatic rings. The lowest BCUT2D eigenvalue weighted by Crippen LogP contribution is -2.40. The Bertz CT molecular complexity index is 494. The Morgan fingerprint density at radius 1 is 1.25 bits per heavy atom. The fourth-order valence-electron chi connectivity index (χ4n) is 2.06. The number of nitrogens with one attached hydrogen (secondary N) is 1. The SMILES string of the molecule is Cc1ccc(C)c(CC(=O)N[C@@H](CC(=O)O)C(C)C)c1. The Morgan fingerprint density at radius 2 is 1.90 bits per heavy atom. The number of hydrogen-bond donors (Lipinski definition) is 2. The zero-order valence-electron chi connectivity index (χ0n) is 12.6. The quantitative estimate of drug-likeness (QED) is 0.839. The molecule has 1 rings (SSSR count). The predicted octanol–water partition coefficient (Wildman–Crippen LogP) is 2.46. The number of carbonyl (C=O) groups excluding carboxylic acids is 1. The van der Waals surface area contributed by atoms with E-state index >= 15 is 0 Å². The molecule has 4 heteroatoms. The molecule has 2 N–H and O–H groups in total. The van der Waals surface area contributed by atoms with Gasteiger partial charge < -0.3 is 10.4 Å². The topological polar surface area (TPSA) is 66.4 Å². The van der Waals surface area contributed by atoms with Crippen LogP contribution in [0.15, 0.2) is 18.2 Å². The van der Waals surface area contributed by atoms with E-state index in [9.17, 15) is 9.59 Å². The van der Waals surface area contributed by atoms with E-state index in [1.807, 2.05) is 45.9 Å². The van der Waals surface area contributed by atoms with Crippen LogP contribution in [0.4, 0.5) is 0 Å². The van der Waals surface area contributed by atoms with Gasteiger partial charge in [-0.15, -0.1) is 0 Å². The van der Waals surface area contributed by atoms with Crippen molar-refractivity contribution in [3.63, 3.8) is 0 Å². The molecule has 0 aromatic heterocycles. The van der Waals surface area contributed by atoms with E-state index in [0.717, 1.165) is 16.7 Å². The van der Waals surface area contributed by atoms with Crippen molar-refractivity contribution >= 4 is 11.9 Å². The molecule has 0 saturated carbocycles. The minimum Gasteiger partial charge on any atom is -0.481 e. The molecule has 0 unspecified atom stereocenters. The minimum absolute atomic E-state index is 0.0454. The van der Waals surface area contributed by atoms with E-state index in [4.69, 9.17) is 5.11 Å². The van der Waals surface area contributed by atoms with Crippen LogP contribution in [-0.4, -0.2) is 23.0 Å². The standard InChI is InChI=1S/C16H23NO3/c1-10(2)14(9-16(19)20)17-15(18)8-13-7-11(3)5-6-12(13)4/h5-7,10,14H,8-9H2,1-4H3,(H,17,18)(H,19,20)/t14-/m0/s1. The molecule has 0 fully saturated rings. The molecular formula is C16H23NO3. The van der Waals surface area contributed by atoms with Crippen LogP contribution in [-0.2, 0) is 16.0 Å². The van der Waals surface area contributed by atoms with Gasteiger partial charge in [-0.1, -0.05) is 37.6 Å². The molecule has 1 aromatic carbocycles. The first-order valence-electron chi connectivity index (χ1n) is 6.87. The van der Waals surface area contributed by atoms with Crippen molar-refractivity contribution in [1.82, 2.24) is 5.32 Å². The van der Waals surface area contributed by atoms with Crippen LogP contribution in [0.1, 0.15) is 37.0 Å². The van der Waals surface area contributed by atoms with Crippen molar-refractivity contribution in [2.75, 3.05) is 0 Å². The van der Waals surface area contributed by atoms with E-state index in [2.05, 4.69) is 5.32 Å². The van der Waals surface area contributed by atoms with Crippen molar-refractivity contribution < 1.29 is 14.7 Å². The number of aryl methyl sites for hydroxylation is 2. The molecule has 4 nitrogen and oxygen atoms in total. The number of carboxylic acid groups (broad SMARTS) is 1. The molecule has 110 valence electrons. The van der Waals surface area contributed by atoms with Crippen molar-refractivity contribution in [3.05, 3.63) is 34.9 Å². The summed E-state index contributed by atoms with van der Waals surface area (Å²) in [7, 11) is 0. The Kier molecular flexibility index (Phi) is 5.74. The Labute approximate surface area is 120 Å². The van der Waals surface area contributed by atoms with Crippen molar-refractivity contribution in [2.24, 2.45) is 5.92 Å². The lowest BCUT2D eigenvalue weighted by molar-refractivity contribution is -0.138. The van der Waals surface area contributed by atoms with Gasteiger partial charge in [0.05, 0.1) is 12.8 Å². The average molecular weight is 277 g/mol. The monoisotopic (exact) mass is 277 g/mol. The summed E-state index contributed by atoms with van der Waals surface area (Å²) < 4.78 is 0. The molecular weight excluding hydrogens is 254 g/mol. The second-order valence-corrected chi connectivity index (χ2v) is 5.62. The second-order valence-electron chi connectivity index (χ2n) is 5.62. The second kappa shape index (κ2) is 7.08. The van der Waals surface area contributed by atoms with Gasteiger partial charge in [-0.2, -0.15) is 0 Å². The minimum atomic E-state index is -0.893. The summed E-state index contributed by atoms with van der Waals surface area (Å²) >= 11 is 0. The molecule has 0 aliphatic carbocycles. The highest BCUT2D eigenvalue weighted by atomic mass is 16.4. The fraction of sp³-hybridized carbons (Fsp3) is 0.500. The molecule has 1 amide bonds. The zero-order valence-corrected chi connectivity index (χ0v) is 12.6. The van der Waals surface area contributed by atoms with Gasteiger partial charge in [0.1, 0.15) is 0 Å². The summed E-state index contributed by atoms with van der Waals surface area (Å²) in [5, 5.41) is 11.7. The number of carboxylic acids is 1. The van der Waals surface area contributed by atoms with Gasteiger partial charge >= 0.3 is 5.97 Å². The maximum Gasteiger partial charge on any atom is 0.305 e. The fourth-order valence-corrected chi connectivity index (χ4v) is 2.06. The number of hydrogen-bond acceptors (Lipinski definition) is 2. The summed E-state index contributed by atoms with van der Waals surface area (Å²) in [6, 6.07) is 5.68. The van der Waals surface area contributed by atoms with Crippen LogP contribution in [0, 0.1) is 19.8 Å². The lowest BCUT2D eigenvalue weighted by atomic mass is 9.99. The van der Waals surface area contributed by atoms with Crippen molar-refractivity contribution in [1.29, 1.82) is 0 Å². The van der Waals surface area contributed by atoms with Gasteiger partial charge in [-0.25, -0.2) is 0 Å². The third-order valence-electron chi connectivity index (χ3n) is 3.40. The average Bonchev–Trinajstić information content (AvgIpc) is 2.32. The summed E-state index contributed by atoms with van der Waals surface area (Å²) in [4.78, 5) is 22.9. The van der Waals surface area contributed by atoms with Crippen molar-refractivity contribution in [2.45, 2.75) is 46.6 Å². The van der Waals surface area contributed by atoms with E-state index in [0.29, 0.717) is 0 Å². The molecule has 0 saturated heterocycles. The first-order valence-corrected chi connectivity index (χ1v) is 6.87. The first-order chi connectivity index (χ1) is 9.29. The Hall–Kier alpha value is -1.84. The van der Waals surface area contributed by atoms with E-state index in [-0.39, 0.29) is 30.7 Å². The Balaban J connectivity index is 2.70. The summed E-state index contributed by atoms with van der Waals surface area (Å²) in [5.74, 6) is -0.928. The summed E-state index contributed by atoms with van der Waals surface area (Å²) in [6.45, 7) is 7.78. The van der Waals surface area contributed by atoms with Crippen LogP contribution in [0.5, 0.6) is 0 Å². The molecule has 0 radical (unpaired) electrons. The van der Waals surface area contributed by atoms with Gasteiger partial charge in [-0.3, -0.25) is 9.59 Å². The molecule has 1 aromatic rings. The first kappa shape index (κ1) is 16.2. The van der Waals surface area contributed by atoms with E-state index < -0.39 is 5.97 Å². The van der Waals surface area contributed by atoms with Crippen LogP contribution in [0.2, 0.25) is 0 Å². The number of aliphatic carboxylic acids is 1. The van der Waals surface area contributed by atoms with Gasteiger partial charge in [0.15, 0.2) is 0 Å². The largest absolute Gasteiger partial charge is 0.481 e. The van der Waals surface area contributed by atoms with Crippen LogP contribution in [0.25, 0.3) is 0 Å². The molecule has 1 atom stereocenters. The number of benzene rings is 1. The maximum atomic E-state index is 12.1. The van der Waals surface area contributed by atoms with Crippen LogP contribution >= 0.6 is 0 Å². The van der Waals surface area contributed by atoms with E-state index in [1.165, 1.54) is 0 Å². The number of rotatable bonds is 6. The number of carbonyl (C=O) groups is 2. The molecule has 0 aliphatic heterocycles. The third kappa shape index (κ3) is 5.03. The highest BCUT2D eigenvalue weighted by Gasteiger charge is 2.19. The van der Waals surface area contributed by atoms with E-state index in [1.54, 1.807) is 0 Å². The smallest absolute Gasteiger partial charge is 0.305 e. The summed E-state index contributed by atoms with van der Waals surface area (Å²) in [6.07, 6.45) is 0.243. The summed E-state index contributed by atoms with van der Waals surface area (Å²) in [5.41, 5.74) is 3.18. The molecule has 20 heavy (non-hydrogen) atoms. The predicted molar refractivity (Wildman–Crippen MR) is 78.6 cm³/mol. The highest BCUT2D eigenvalue weighted by molar-refractivity contribution is 5.80. The highest BCUT2D eigenvalue weighted by Crippen LogP contribution is 2.12. The molecule has 0 spiro atoms. The van der Waals surface area contributed by atoms with Gasteiger partial charge in [0.2, 0.25) is 5.91 Å². The molecule has 0 bridgehead atoms. The molecule has 0 heterocycles. The Morgan fingerprint density at radius 3 is 2.45 bits per heavy atom. The third-order valence-corrected chi connectivity index (χ3v) is 3.40. The number of amides is 1. The van der Waals surface area contributed by atoms with Crippen molar-refractivity contribution in [3.8, 4) is 0 Å². The van der Waals surface area contributed by atoms with Gasteiger partial charge in [0, 0.05) is 6.04 Å².